The van der Waals surface area contributed by atoms with Crippen LogP contribution in [0.2, 0.25) is 9.62 Å². The molecule has 0 amide bonds. The Morgan fingerprint density at radius 3 is 1.50 bits per heavy atom. The van der Waals surface area contributed by atoms with Crippen molar-refractivity contribution in [1.29, 1.82) is 0 Å². The van der Waals surface area contributed by atoms with E-state index in [9.17, 15) is 0 Å². The van der Waals surface area contributed by atoms with E-state index in [-0.39, 0.29) is 51.4 Å². The van der Waals surface area contributed by atoms with E-state index in [1.54, 1.807) is 0 Å². The molecule has 0 spiro atoms. The minimum absolute atomic E-state index is 0. The first kappa shape index (κ1) is 11.2. The Hall–Kier alpha value is 2.32. The van der Waals surface area contributed by atoms with E-state index in [0.29, 0.717) is 18.6 Å². The molecule has 0 N–H and O–H groups in total. The Morgan fingerprint density at radius 1 is 1.17 bits per heavy atom. The van der Waals surface area contributed by atoms with Crippen LogP contribution in [0.4, 0.5) is 0 Å². The zero-order chi connectivity index (χ0) is 4.12. The van der Waals surface area contributed by atoms with Gasteiger partial charge in [0, 0.05) is 0 Å². The predicted molar refractivity (Wildman–Crippen MR) is 28.1 cm³/mol. The summed E-state index contributed by atoms with van der Waals surface area (Å²) in [5, 5.41) is 0. The molecule has 0 aliphatic heterocycles. The topological polar surface area (TPSA) is 0 Å². The van der Waals surface area contributed by atoms with Crippen LogP contribution in [0.15, 0.2) is 0 Å². The van der Waals surface area contributed by atoms with E-state index in [0.717, 1.165) is 0 Å². The maximum atomic E-state index is 2.26. The zero-order valence-corrected chi connectivity index (χ0v) is 6.00. The fourth-order valence-electron chi connectivity index (χ4n) is 0.158. The summed E-state index contributed by atoms with van der Waals surface area (Å²) < 4.78 is 0. The van der Waals surface area contributed by atoms with Crippen LogP contribution in [0.25, 0.3) is 0 Å². The van der Waals surface area contributed by atoms with Crippen molar-refractivity contribution < 1.29 is 18.6 Å². The van der Waals surface area contributed by atoms with Gasteiger partial charge in [0.2, 0.25) is 0 Å². The maximum absolute atomic E-state index is 2.26. The van der Waals surface area contributed by atoms with Crippen molar-refractivity contribution in [2.75, 3.05) is 0 Å². The molecule has 0 rings (SSSR count). The van der Waals surface area contributed by atoms with Crippen LogP contribution in [0.3, 0.4) is 0 Å². The van der Waals surface area contributed by atoms with Crippen LogP contribution in [0.5, 0.6) is 0 Å². The average Bonchev–Trinajstić information content (AvgIpc) is 1.41. The molecule has 0 bridgehead atoms. The molecule has 2 heteroatoms. The fourth-order valence-corrected chi connectivity index (χ4v) is 1.29. The van der Waals surface area contributed by atoms with Gasteiger partial charge < -0.3 is 0 Å². The standard InChI is InChI=1S/2C2H5.K.Pt.H/c2*1-2;;;/h2*1H2,2H3;;;. The third-order valence-corrected chi connectivity index (χ3v) is 2.59. The molecule has 0 aliphatic carbocycles. The van der Waals surface area contributed by atoms with Crippen molar-refractivity contribution in [2.45, 2.75) is 23.5 Å². The predicted octanol–water partition coefficient (Wildman–Crippen LogP) is 1.30. The summed E-state index contributed by atoms with van der Waals surface area (Å²) in [5.74, 6) is 0. The summed E-state index contributed by atoms with van der Waals surface area (Å²) in [6.45, 7) is 4.52. The quantitative estimate of drug-likeness (QED) is 0.673. The van der Waals surface area contributed by atoms with Gasteiger partial charge in [-0.3, -0.25) is 0 Å². The summed E-state index contributed by atoms with van der Waals surface area (Å²) in [5.41, 5.74) is 0. The molecule has 0 heterocycles. The summed E-state index contributed by atoms with van der Waals surface area (Å²) in [7, 11) is 0. The molecule has 0 unspecified atom stereocenters. The van der Waals surface area contributed by atoms with E-state index >= 15 is 0 Å². The van der Waals surface area contributed by atoms with Crippen LogP contribution in [0.1, 0.15) is 13.8 Å². The Labute approximate surface area is 91.4 Å². The van der Waals surface area contributed by atoms with E-state index in [2.05, 4.69) is 13.8 Å². The van der Waals surface area contributed by atoms with Crippen LogP contribution < -0.4 is 0 Å². The van der Waals surface area contributed by atoms with Crippen LogP contribution in [0, 0.1) is 0 Å². The summed E-state index contributed by atoms with van der Waals surface area (Å²) in [6, 6.07) is 0. The Morgan fingerprint density at radius 2 is 1.50 bits per heavy atom. The van der Waals surface area contributed by atoms with Crippen LogP contribution in [-0.4, -0.2) is 51.4 Å². The fraction of sp³-hybridized carbons (Fsp3) is 1.00. The molecule has 0 saturated carbocycles. The third kappa shape index (κ3) is 9.59. The first-order valence-electron chi connectivity index (χ1n) is 1.86. The first-order valence-corrected chi connectivity index (χ1v) is 5.07. The number of hydrogen-bond acceptors (Lipinski definition) is 0. The number of rotatable bonds is 2. The molecule has 0 aromatic carbocycles. The van der Waals surface area contributed by atoms with Crippen molar-refractivity contribution >= 4 is 51.4 Å². The van der Waals surface area contributed by atoms with Crippen molar-refractivity contribution in [3.05, 3.63) is 0 Å². The van der Waals surface area contributed by atoms with Crippen molar-refractivity contribution in [3.8, 4) is 0 Å². The van der Waals surface area contributed by atoms with Gasteiger partial charge in [-0.05, 0) is 0 Å². The second-order valence-electron chi connectivity index (χ2n) is 0.605. The van der Waals surface area contributed by atoms with Gasteiger partial charge in [0.25, 0.3) is 0 Å². The average molecular weight is 293 g/mol. The van der Waals surface area contributed by atoms with Gasteiger partial charge in [-0.15, -0.1) is 0 Å². The molecule has 0 saturated heterocycles. The van der Waals surface area contributed by atoms with Crippen LogP contribution in [-0.2, 0) is 18.6 Å². The van der Waals surface area contributed by atoms with Gasteiger partial charge in [-0.25, -0.2) is 0 Å². The zero-order valence-electron chi connectivity index (χ0n) is 3.73. The summed E-state index contributed by atoms with van der Waals surface area (Å²) >= 11 is 0.623. The van der Waals surface area contributed by atoms with Gasteiger partial charge >= 0.3 is 93.4 Å². The second-order valence-corrected chi connectivity index (χ2v) is 4.95. The molecule has 6 heavy (non-hydrogen) atoms. The number of hydrogen-bond donors (Lipinski definition) is 0. The molecule has 38 valence electrons. The van der Waals surface area contributed by atoms with Crippen molar-refractivity contribution in [2.24, 2.45) is 0 Å². The van der Waals surface area contributed by atoms with Crippen molar-refractivity contribution in [1.82, 2.24) is 0 Å². The van der Waals surface area contributed by atoms with E-state index < -0.39 is 0 Å². The Balaban J connectivity index is 0. The molecule has 0 radical (unpaired) electrons. The molecule has 0 atom stereocenters. The van der Waals surface area contributed by atoms with E-state index in [1.165, 1.54) is 9.62 Å². The van der Waals surface area contributed by atoms with Gasteiger partial charge in [0.1, 0.15) is 0 Å². The molecule has 0 fully saturated rings. The van der Waals surface area contributed by atoms with E-state index in [1.807, 2.05) is 0 Å². The first-order chi connectivity index (χ1) is 2.41. The normalized spacial score (nSPS) is 7.67. The van der Waals surface area contributed by atoms with Crippen LogP contribution >= 0.6 is 0 Å². The molecular formula is C4H11KPt. The molecule has 0 aliphatic rings. The van der Waals surface area contributed by atoms with Gasteiger partial charge in [0.05, 0.1) is 0 Å². The Kier molecular flexibility index (Phi) is 19.2. The van der Waals surface area contributed by atoms with Gasteiger partial charge in [-0.1, -0.05) is 0 Å². The molecule has 0 nitrogen and oxygen atoms in total. The molecule has 0 aromatic heterocycles. The van der Waals surface area contributed by atoms with Crippen molar-refractivity contribution in [3.63, 3.8) is 0 Å². The Bertz CT molecular complexity index is 15.0. The van der Waals surface area contributed by atoms with Gasteiger partial charge in [0.15, 0.2) is 0 Å². The monoisotopic (exact) mass is 293 g/mol. The second kappa shape index (κ2) is 10.3. The molecule has 0 aromatic rings. The minimum atomic E-state index is 0. The third-order valence-electron chi connectivity index (χ3n) is 0.316. The van der Waals surface area contributed by atoms with E-state index in [4.69, 9.17) is 0 Å². The summed E-state index contributed by atoms with van der Waals surface area (Å²) in [6.07, 6.45) is 0. The molecular weight excluding hydrogens is 282 g/mol. The SMILES string of the molecule is C[CH2][Pt][CH2]C.[KH]. The van der Waals surface area contributed by atoms with Gasteiger partial charge in [-0.2, -0.15) is 0 Å². The summed E-state index contributed by atoms with van der Waals surface area (Å²) in [4.78, 5) is 2.91.